The van der Waals surface area contributed by atoms with E-state index in [-0.39, 0.29) is 0 Å². The van der Waals surface area contributed by atoms with Crippen molar-refractivity contribution in [1.82, 2.24) is 10.6 Å². The zero-order chi connectivity index (χ0) is 13.5. The molecule has 0 amide bonds. The summed E-state index contributed by atoms with van der Waals surface area (Å²) in [7, 11) is 1.81. The number of thiophene rings is 1. The molecule has 0 saturated carbocycles. The molecular formula is C14H23N3OS. The van der Waals surface area contributed by atoms with Crippen LogP contribution in [0.4, 0.5) is 0 Å². The molecule has 1 unspecified atom stereocenters. The minimum Gasteiger partial charge on any atom is -0.378 e. The molecule has 1 saturated heterocycles. The Morgan fingerprint density at radius 2 is 2.42 bits per heavy atom. The minimum absolute atomic E-state index is 0.435. The molecule has 4 nitrogen and oxygen atoms in total. The summed E-state index contributed by atoms with van der Waals surface area (Å²) in [5, 5.41) is 8.81. The van der Waals surface area contributed by atoms with Crippen molar-refractivity contribution in [2.75, 3.05) is 20.2 Å². The van der Waals surface area contributed by atoms with Crippen molar-refractivity contribution < 1.29 is 4.74 Å². The van der Waals surface area contributed by atoms with E-state index in [0.717, 1.165) is 32.1 Å². The van der Waals surface area contributed by atoms with Gasteiger partial charge in [-0.3, -0.25) is 4.99 Å². The van der Waals surface area contributed by atoms with Gasteiger partial charge in [-0.25, -0.2) is 0 Å². The fraction of sp³-hybridized carbons (Fsp3) is 0.643. The first-order chi connectivity index (χ1) is 9.29. The molecule has 1 fully saturated rings. The van der Waals surface area contributed by atoms with Crippen molar-refractivity contribution in [3.63, 3.8) is 0 Å². The first kappa shape index (κ1) is 14.3. The van der Waals surface area contributed by atoms with Crippen LogP contribution in [-0.2, 0) is 11.3 Å². The monoisotopic (exact) mass is 281 g/mol. The molecule has 19 heavy (non-hydrogen) atoms. The molecular weight excluding hydrogens is 258 g/mol. The Kier molecular flexibility index (Phi) is 5.66. The van der Waals surface area contributed by atoms with E-state index in [2.05, 4.69) is 34.0 Å². The SMILES string of the molecule is CN=C(NCCC1CCCO1)NCc1sccc1C. The molecule has 1 aromatic rings. The van der Waals surface area contributed by atoms with Gasteiger partial charge in [0.15, 0.2) is 5.96 Å². The van der Waals surface area contributed by atoms with Crippen LogP contribution in [0.5, 0.6) is 0 Å². The summed E-state index contributed by atoms with van der Waals surface area (Å²) in [6.45, 7) is 4.81. The van der Waals surface area contributed by atoms with Crippen molar-refractivity contribution in [2.24, 2.45) is 4.99 Å². The lowest BCUT2D eigenvalue weighted by Gasteiger charge is -2.13. The topological polar surface area (TPSA) is 45.7 Å². The molecule has 0 aliphatic carbocycles. The van der Waals surface area contributed by atoms with Crippen LogP contribution >= 0.6 is 11.3 Å². The number of nitrogens with zero attached hydrogens (tertiary/aromatic N) is 1. The van der Waals surface area contributed by atoms with E-state index in [1.807, 2.05) is 7.05 Å². The number of hydrogen-bond acceptors (Lipinski definition) is 3. The number of hydrogen-bond donors (Lipinski definition) is 2. The third-order valence-corrected chi connectivity index (χ3v) is 4.41. The molecule has 2 rings (SSSR count). The number of aliphatic imine (C=N–C) groups is 1. The Morgan fingerprint density at radius 3 is 3.05 bits per heavy atom. The van der Waals surface area contributed by atoms with Crippen LogP contribution < -0.4 is 10.6 Å². The van der Waals surface area contributed by atoms with Crippen molar-refractivity contribution in [2.45, 2.75) is 38.8 Å². The van der Waals surface area contributed by atoms with Gasteiger partial charge in [0.1, 0.15) is 0 Å². The van der Waals surface area contributed by atoms with Gasteiger partial charge in [-0.2, -0.15) is 0 Å². The van der Waals surface area contributed by atoms with E-state index in [9.17, 15) is 0 Å². The van der Waals surface area contributed by atoms with Crippen LogP contribution in [0.3, 0.4) is 0 Å². The minimum atomic E-state index is 0.435. The lowest BCUT2D eigenvalue weighted by Crippen LogP contribution is -2.38. The lowest BCUT2D eigenvalue weighted by molar-refractivity contribution is 0.105. The van der Waals surface area contributed by atoms with Crippen molar-refractivity contribution in [1.29, 1.82) is 0 Å². The van der Waals surface area contributed by atoms with E-state index in [1.165, 1.54) is 23.3 Å². The maximum Gasteiger partial charge on any atom is 0.191 e. The summed E-state index contributed by atoms with van der Waals surface area (Å²) < 4.78 is 5.60. The summed E-state index contributed by atoms with van der Waals surface area (Å²) in [4.78, 5) is 5.60. The second-order valence-corrected chi connectivity index (χ2v) is 5.80. The van der Waals surface area contributed by atoms with Crippen LogP contribution in [0.2, 0.25) is 0 Å². The van der Waals surface area contributed by atoms with Crippen molar-refractivity contribution in [3.8, 4) is 0 Å². The zero-order valence-corrected chi connectivity index (χ0v) is 12.6. The maximum atomic E-state index is 5.60. The summed E-state index contributed by atoms with van der Waals surface area (Å²) in [5.41, 5.74) is 1.34. The average Bonchev–Trinajstić information content (AvgIpc) is 3.05. The van der Waals surface area contributed by atoms with Gasteiger partial charge in [-0.15, -0.1) is 11.3 Å². The third kappa shape index (κ3) is 4.51. The fourth-order valence-electron chi connectivity index (χ4n) is 2.19. The number of aryl methyl sites for hydroxylation is 1. The molecule has 0 spiro atoms. The second kappa shape index (κ2) is 7.50. The van der Waals surface area contributed by atoms with Crippen molar-refractivity contribution in [3.05, 3.63) is 21.9 Å². The van der Waals surface area contributed by atoms with Crippen LogP contribution in [0.1, 0.15) is 29.7 Å². The van der Waals surface area contributed by atoms with Gasteiger partial charge < -0.3 is 15.4 Å². The summed E-state index contributed by atoms with van der Waals surface area (Å²) in [5.74, 6) is 0.866. The molecule has 1 aliphatic rings. The summed E-state index contributed by atoms with van der Waals surface area (Å²) in [6, 6.07) is 2.15. The highest BCUT2D eigenvalue weighted by Gasteiger charge is 2.14. The first-order valence-corrected chi connectivity index (χ1v) is 7.76. The van der Waals surface area contributed by atoms with Crippen LogP contribution in [0.15, 0.2) is 16.4 Å². The largest absolute Gasteiger partial charge is 0.378 e. The van der Waals surface area contributed by atoms with E-state index in [1.54, 1.807) is 11.3 Å². The smallest absolute Gasteiger partial charge is 0.191 e. The third-order valence-electron chi connectivity index (χ3n) is 3.39. The Morgan fingerprint density at radius 1 is 1.53 bits per heavy atom. The first-order valence-electron chi connectivity index (χ1n) is 6.88. The Labute approximate surface area is 119 Å². The van der Waals surface area contributed by atoms with Crippen LogP contribution in [-0.4, -0.2) is 32.3 Å². The van der Waals surface area contributed by atoms with Crippen LogP contribution in [0, 0.1) is 6.92 Å². The van der Waals surface area contributed by atoms with Gasteiger partial charge in [0.2, 0.25) is 0 Å². The van der Waals surface area contributed by atoms with E-state index >= 15 is 0 Å². The van der Waals surface area contributed by atoms with E-state index in [0.29, 0.717) is 6.10 Å². The molecule has 1 aliphatic heterocycles. The lowest BCUT2D eigenvalue weighted by atomic mass is 10.2. The van der Waals surface area contributed by atoms with Gasteiger partial charge in [-0.05, 0) is 43.2 Å². The molecule has 2 heterocycles. The predicted octanol–water partition coefficient (Wildman–Crippen LogP) is 2.29. The highest BCUT2D eigenvalue weighted by atomic mass is 32.1. The Bertz CT molecular complexity index is 411. The fourth-order valence-corrected chi connectivity index (χ4v) is 3.04. The maximum absolute atomic E-state index is 5.60. The molecule has 0 aromatic carbocycles. The quantitative estimate of drug-likeness (QED) is 0.643. The Hall–Kier alpha value is -1.07. The number of ether oxygens (including phenoxy) is 1. The number of nitrogens with one attached hydrogen (secondary N) is 2. The zero-order valence-electron chi connectivity index (χ0n) is 11.7. The number of guanidine groups is 1. The van der Waals surface area contributed by atoms with E-state index < -0.39 is 0 Å². The molecule has 1 atom stereocenters. The van der Waals surface area contributed by atoms with Gasteiger partial charge in [0.05, 0.1) is 12.6 Å². The van der Waals surface area contributed by atoms with Gasteiger partial charge >= 0.3 is 0 Å². The Balaban J connectivity index is 1.67. The van der Waals surface area contributed by atoms with Gasteiger partial charge in [0, 0.05) is 25.1 Å². The van der Waals surface area contributed by atoms with Gasteiger partial charge in [-0.1, -0.05) is 0 Å². The molecule has 2 N–H and O–H groups in total. The highest BCUT2D eigenvalue weighted by Crippen LogP contribution is 2.15. The second-order valence-electron chi connectivity index (χ2n) is 4.80. The molecule has 0 radical (unpaired) electrons. The van der Waals surface area contributed by atoms with Crippen molar-refractivity contribution >= 4 is 17.3 Å². The standard InChI is InChI=1S/C14H23N3OS/c1-11-6-9-19-13(11)10-17-14(15-2)16-7-5-12-4-3-8-18-12/h6,9,12H,3-5,7-8,10H2,1-2H3,(H2,15,16,17). The molecule has 1 aromatic heterocycles. The normalized spacial score (nSPS) is 19.7. The highest BCUT2D eigenvalue weighted by molar-refractivity contribution is 7.10. The number of rotatable bonds is 5. The summed E-state index contributed by atoms with van der Waals surface area (Å²) in [6.07, 6.45) is 3.89. The van der Waals surface area contributed by atoms with Gasteiger partial charge in [0.25, 0.3) is 0 Å². The molecule has 5 heteroatoms. The van der Waals surface area contributed by atoms with E-state index in [4.69, 9.17) is 4.74 Å². The summed E-state index contributed by atoms with van der Waals surface area (Å²) >= 11 is 1.78. The average molecular weight is 281 g/mol. The molecule has 0 bridgehead atoms. The van der Waals surface area contributed by atoms with Crippen LogP contribution in [0.25, 0.3) is 0 Å². The molecule has 106 valence electrons. The predicted molar refractivity (Wildman–Crippen MR) is 80.8 cm³/mol.